The van der Waals surface area contributed by atoms with Crippen LogP contribution in [0.15, 0.2) is 42.5 Å². The molecule has 3 aliphatic rings. The summed E-state index contributed by atoms with van der Waals surface area (Å²) in [6.45, 7) is 0. The van der Waals surface area contributed by atoms with Gasteiger partial charge in [0.2, 0.25) is 17.6 Å². The topological polar surface area (TPSA) is 125 Å². The number of aromatic hydroxyl groups is 1. The normalized spacial score (nSPS) is 27.8. The summed E-state index contributed by atoms with van der Waals surface area (Å²) in [5.74, 6) is -3.90. The van der Waals surface area contributed by atoms with E-state index in [0.29, 0.717) is 5.56 Å². The number of phenolic OH excluding ortho intramolecular Hbond substituents is 1. The second kappa shape index (κ2) is 9.70. The maximum Gasteiger partial charge on any atom is 0.325 e. The van der Waals surface area contributed by atoms with E-state index in [9.17, 15) is 24.6 Å². The zero-order valence-electron chi connectivity index (χ0n) is 21.0. The van der Waals surface area contributed by atoms with E-state index >= 15 is 0 Å². The number of hydrogen-bond acceptors (Lipinski definition) is 7. The van der Waals surface area contributed by atoms with Gasteiger partial charge in [-0.3, -0.25) is 24.6 Å². The highest BCUT2D eigenvalue weighted by Gasteiger charge is 2.69. The van der Waals surface area contributed by atoms with Crippen LogP contribution in [0.4, 0.5) is 0 Å². The molecular weight excluding hydrogens is 476 g/mol. The molecule has 37 heavy (non-hydrogen) atoms. The third-order valence-electron chi connectivity index (χ3n) is 8.20. The summed E-state index contributed by atoms with van der Waals surface area (Å²) in [5, 5.41) is 24.3. The highest BCUT2D eigenvalue weighted by Crippen LogP contribution is 2.52. The Kier molecular flexibility index (Phi) is 6.58. The number of hydrogen-bond donors (Lipinski definition) is 3. The Balaban J connectivity index is 1.65. The average molecular weight is 509 g/mol. The van der Waals surface area contributed by atoms with Crippen molar-refractivity contribution in [3.8, 4) is 17.2 Å². The van der Waals surface area contributed by atoms with E-state index in [1.54, 1.807) is 12.1 Å². The van der Waals surface area contributed by atoms with Crippen molar-refractivity contribution in [3.63, 3.8) is 0 Å². The molecule has 9 heteroatoms. The lowest BCUT2D eigenvalue weighted by atomic mass is 9.76. The first kappa shape index (κ1) is 25.1. The van der Waals surface area contributed by atoms with Crippen molar-refractivity contribution in [3.05, 3.63) is 53.6 Å². The van der Waals surface area contributed by atoms with Crippen LogP contribution in [0.3, 0.4) is 0 Å². The number of carbonyl (C=O) groups excluding carboxylic acids is 2. The number of aliphatic carboxylic acids is 1. The van der Waals surface area contributed by atoms with Crippen molar-refractivity contribution in [2.75, 3.05) is 14.2 Å². The number of imide groups is 1. The van der Waals surface area contributed by atoms with E-state index in [4.69, 9.17) is 9.47 Å². The number of ether oxygens (including phenoxy) is 2. The maximum atomic E-state index is 14.0. The number of benzene rings is 2. The minimum Gasteiger partial charge on any atom is -0.502 e. The quantitative estimate of drug-likeness (QED) is 0.488. The van der Waals surface area contributed by atoms with Gasteiger partial charge in [-0.05, 0) is 36.1 Å². The monoisotopic (exact) mass is 508 g/mol. The molecule has 2 saturated heterocycles. The van der Waals surface area contributed by atoms with Gasteiger partial charge < -0.3 is 19.7 Å². The minimum atomic E-state index is -1.70. The van der Waals surface area contributed by atoms with Gasteiger partial charge in [-0.2, -0.15) is 0 Å². The lowest BCUT2D eigenvalue weighted by Gasteiger charge is -2.34. The standard InChI is InChI=1S/C28H32N2O7/c1-36-19-13-17(14-20(37-2)24(19)31)23-21-22(26(33)30(25(21)32)18-11-7-4-8-12-18)28(29-23,27(34)35)15-16-9-5-3-6-10-16/h3,5-6,9-10,13-14,18,21-23,29,31H,4,7-8,11-12,15H2,1-2H3,(H,34,35). The number of rotatable bonds is 7. The van der Waals surface area contributed by atoms with Crippen molar-refractivity contribution >= 4 is 17.8 Å². The second-order valence-corrected chi connectivity index (χ2v) is 10.2. The molecular formula is C28H32N2O7. The number of carboxylic acids is 1. The van der Waals surface area contributed by atoms with E-state index in [-0.39, 0.29) is 35.6 Å². The number of phenols is 1. The fraction of sp³-hybridized carbons (Fsp3) is 0.464. The Morgan fingerprint density at radius 2 is 1.65 bits per heavy atom. The van der Waals surface area contributed by atoms with Crippen molar-refractivity contribution in [1.29, 1.82) is 0 Å². The van der Waals surface area contributed by atoms with Gasteiger partial charge in [0.15, 0.2) is 11.5 Å². The molecule has 3 fully saturated rings. The summed E-state index contributed by atoms with van der Waals surface area (Å²) in [6, 6.07) is 11.2. The number of fused-ring (bicyclic) bond motifs is 1. The number of nitrogens with one attached hydrogen (secondary N) is 1. The fourth-order valence-electron chi connectivity index (χ4n) is 6.46. The Morgan fingerprint density at radius 1 is 1.03 bits per heavy atom. The lowest BCUT2D eigenvalue weighted by molar-refractivity contribution is -0.152. The number of amides is 2. The zero-order valence-corrected chi connectivity index (χ0v) is 21.0. The van der Waals surface area contributed by atoms with Crippen LogP contribution in [0.2, 0.25) is 0 Å². The summed E-state index contributed by atoms with van der Waals surface area (Å²) in [5.41, 5.74) is -0.455. The van der Waals surface area contributed by atoms with Crippen molar-refractivity contribution in [1.82, 2.24) is 10.2 Å². The van der Waals surface area contributed by atoms with E-state index in [1.807, 2.05) is 30.3 Å². The van der Waals surface area contributed by atoms with Crippen LogP contribution < -0.4 is 14.8 Å². The molecule has 1 aliphatic carbocycles. The van der Waals surface area contributed by atoms with Gasteiger partial charge in [0, 0.05) is 18.5 Å². The molecule has 3 N–H and O–H groups in total. The number of carbonyl (C=O) groups is 3. The Hall–Kier alpha value is -3.59. The molecule has 2 aromatic carbocycles. The van der Waals surface area contributed by atoms with E-state index in [0.717, 1.165) is 37.7 Å². The van der Waals surface area contributed by atoms with Crippen LogP contribution in [-0.4, -0.2) is 58.7 Å². The first-order valence-corrected chi connectivity index (χ1v) is 12.7. The third-order valence-corrected chi connectivity index (χ3v) is 8.20. The van der Waals surface area contributed by atoms with Crippen molar-refractivity contribution in [2.45, 2.75) is 56.1 Å². The molecule has 0 spiro atoms. The van der Waals surface area contributed by atoms with Crippen LogP contribution in [0.25, 0.3) is 0 Å². The smallest absolute Gasteiger partial charge is 0.325 e. The number of carboxylic acid groups (broad SMARTS) is 1. The van der Waals surface area contributed by atoms with Crippen LogP contribution in [0.1, 0.15) is 49.3 Å². The molecule has 0 aromatic heterocycles. The SMILES string of the molecule is COc1cc(C2NC(Cc3ccccc3)(C(=O)O)C3C(=O)N(C4CCCCC4)C(=O)C23)cc(OC)c1O. The summed E-state index contributed by atoms with van der Waals surface area (Å²) in [6.07, 6.45) is 4.41. The zero-order chi connectivity index (χ0) is 26.3. The Bertz CT molecular complexity index is 1190. The first-order valence-electron chi connectivity index (χ1n) is 12.7. The highest BCUT2D eigenvalue weighted by atomic mass is 16.5. The fourth-order valence-corrected chi connectivity index (χ4v) is 6.46. The summed E-state index contributed by atoms with van der Waals surface area (Å²) < 4.78 is 10.6. The predicted octanol–water partition coefficient (Wildman–Crippen LogP) is 3.05. The highest BCUT2D eigenvalue weighted by molar-refractivity contribution is 6.09. The molecule has 9 nitrogen and oxygen atoms in total. The van der Waals surface area contributed by atoms with Crippen molar-refractivity contribution in [2.24, 2.45) is 11.8 Å². The first-order chi connectivity index (χ1) is 17.8. The molecule has 1 saturated carbocycles. The molecule has 2 amide bonds. The molecule has 196 valence electrons. The van der Waals surface area contributed by atoms with Crippen LogP contribution in [0.5, 0.6) is 17.2 Å². The molecule has 4 atom stereocenters. The number of nitrogens with zero attached hydrogens (tertiary/aromatic N) is 1. The molecule has 0 radical (unpaired) electrons. The van der Waals surface area contributed by atoms with E-state index < -0.39 is 35.3 Å². The lowest BCUT2D eigenvalue weighted by Crippen LogP contribution is -2.58. The molecule has 5 rings (SSSR count). The Morgan fingerprint density at radius 3 is 2.22 bits per heavy atom. The minimum absolute atomic E-state index is 0.0325. The molecule has 2 heterocycles. The van der Waals surface area contributed by atoms with Gasteiger partial charge in [0.1, 0.15) is 5.54 Å². The summed E-state index contributed by atoms with van der Waals surface area (Å²) in [4.78, 5) is 42.4. The average Bonchev–Trinajstić information content (AvgIpc) is 3.39. The second-order valence-electron chi connectivity index (χ2n) is 10.2. The molecule has 0 bridgehead atoms. The number of likely N-dealkylation sites (tertiary alicyclic amines) is 1. The molecule has 2 aromatic rings. The Labute approximate surface area is 215 Å². The van der Waals surface area contributed by atoms with E-state index in [1.165, 1.54) is 19.1 Å². The largest absolute Gasteiger partial charge is 0.502 e. The van der Waals surface area contributed by atoms with Gasteiger partial charge >= 0.3 is 5.97 Å². The van der Waals surface area contributed by atoms with Gasteiger partial charge in [0.25, 0.3) is 0 Å². The van der Waals surface area contributed by atoms with Gasteiger partial charge in [-0.15, -0.1) is 0 Å². The van der Waals surface area contributed by atoms with Crippen LogP contribution in [-0.2, 0) is 20.8 Å². The number of methoxy groups -OCH3 is 2. The van der Waals surface area contributed by atoms with Gasteiger partial charge in [0.05, 0.1) is 26.1 Å². The van der Waals surface area contributed by atoms with Gasteiger partial charge in [-0.1, -0.05) is 49.6 Å². The van der Waals surface area contributed by atoms with Crippen LogP contribution in [0, 0.1) is 11.8 Å². The summed E-state index contributed by atoms with van der Waals surface area (Å²) in [7, 11) is 2.80. The third kappa shape index (κ3) is 4.01. The summed E-state index contributed by atoms with van der Waals surface area (Å²) >= 11 is 0. The maximum absolute atomic E-state index is 14.0. The van der Waals surface area contributed by atoms with E-state index in [2.05, 4.69) is 5.32 Å². The molecule has 2 aliphatic heterocycles. The van der Waals surface area contributed by atoms with Crippen LogP contribution >= 0.6 is 0 Å². The molecule has 4 unspecified atom stereocenters. The predicted molar refractivity (Wildman–Crippen MR) is 133 cm³/mol. The van der Waals surface area contributed by atoms with Gasteiger partial charge in [-0.25, -0.2) is 0 Å². The van der Waals surface area contributed by atoms with Crippen molar-refractivity contribution < 1.29 is 34.1 Å².